The van der Waals surface area contributed by atoms with E-state index in [2.05, 4.69) is 16.3 Å². The average molecular weight is 459 g/mol. The summed E-state index contributed by atoms with van der Waals surface area (Å²) in [6.07, 6.45) is 1.04. The van der Waals surface area contributed by atoms with Gasteiger partial charge in [0.25, 0.3) is 5.91 Å². The van der Waals surface area contributed by atoms with Crippen molar-refractivity contribution in [2.75, 3.05) is 19.7 Å². The first-order valence-electron chi connectivity index (χ1n) is 10.4. The molecular formula is C24H21F3N2O2S. The Morgan fingerprint density at radius 2 is 1.81 bits per heavy atom. The van der Waals surface area contributed by atoms with E-state index >= 15 is 0 Å². The van der Waals surface area contributed by atoms with E-state index in [4.69, 9.17) is 4.74 Å². The van der Waals surface area contributed by atoms with Crippen molar-refractivity contribution in [1.29, 1.82) is 0 Å². The van der Waals surface area contributed by atoms with E-state index < -0.39 is 28.9 Å². The number of hydrogen-bond acceptors (Lipinski definition) is 4. The molecule has 1 aromatic heterocycles. The second kappa shape index (κ2) is 8.60. The minimum absolute atomic E-state index is 0.203. The number of nitrogens with zero attached hydrogens (tertiary/aromatic N) is 2. The molecule has 166 valence electrons. The van der Waals surface area contributed by atoms with E-state index in [1.165, 1.54) is 15.3 Å². The molecule has 32 heavy (non-hydrogen) atoms. The summed E-state index contributed by atoms with van der Waals surface area (Å²) in [5, 5.41) is 2.13. The second-order valence-corrected chi connectivity index (χ2v) is 9.09. The van der Waals surface area contributed by atoms with Crippen molar-refractivity contribution in [1.82, 2.24) is 9.80 Å². The van der Waals surface area contributed by atoms with Crippen LogP contribution in [0.1, 0.15) is 31.9 Å². The van der Waals surface area contributed by atoms with E-state index in [9.17, 15) is 18.0 Å². The second-order valence-electron chi connectivity index (χ2n) is 8.09. The van der Waals surface area contributed by atoms with Crippen LogP contribution in [-0.4, -0.2) is 35.4 Å². The number of fused-ring (bicyclic) bond motifs is 2. The number of benzene rings is 2. The van der Waals surface area contributed by atoms with Gasteiger partial charge < -0.3 is 9.64 Å². The predicted molar refractivity (Wildman–Crippen MR) is 115 cm³/mol. The molecule has 3 aromatic rings. The molecule has 2 aliphatic rings. The third kappa shape index (κ3) is 4.12. The molecule has 1 amide bonds. The molecule has 0 aliphatic carbocycles. The Morgan fingerprint density at radius 3 is 2.69 bits per heavy atom. The fourth-order valence-electron chi connectivity index (χ4n) is 4.28. The fourth-order valence-corrected chi connectivity index (χ4v) is 5.17. The van der Waals surface area contributed by atoms with Gasteiger partial charge in [0.2, 0.25) is 0 Å². The first-order chi connectivity index (χ1) is 15.5. The molecule has 0 N–H and O–H groups in total. The molecule has 0 unspecified atom stereocenters. The first-order valence-corrected chi connectivity index (χ1v) is 11.3. The summed E-state index contributed by atoms with van der Waals surface area (Å²) in [5.74, 6) is -3.66. The molecule has 2 aliphatic heterocycles. The quantitative estimate of drug-likeness (QED) is 0.531. The Balaban J connectivity index is 1.34. The van der Waals surface area contributed by atoms with Gasteiger partial charge in [-0.1, -0.05) is 6.07 Å². The summed E-state index contributed by atoms with van der Waals surface area (Å²) in [7, 11) is 0. The number of amides is 1. The number of halogens is 3. The number of thiophene rings is 1. The lowest BCUT2D eigenvalue weighted by atomic mass is 10.1. The third-order valence-corrected chi connectivity index (χ3v) is 6.95. The first kappa shape index (κ1) is 21.0. The van der Waals surface area contributed by atoms with Gasteiger partial charge in [-0.2, -0.15) is 0 Å². The topological polar surface area (TPSA) is 32.8 Å². The molecule has 0 saturated carbocycles. The van der Waals surface area contributed by atoms with Crippen molar-refractivity contribution in [3.63, 3.8) is 0 Å². The van der Waals surface area contributed by atoms with E-state index in [1.54, 1.807) is 11.3 Å². The molecule has 0 spiro atoms. The maximum absolute atomic E-state index is 14.1. The van der Waals surface area contributed by atoms with E-state index in [0.29, 0.717) is 17.9 Å². The van der Waals surface area contributed by atoms with E-state index in [0.717, 1.165) is 37.2 Å². The highest BCUT2D eigenvalue weighted by molar-refractivity contribution is 7.10. The van der Waals surface area contributed by atoms with Gasteiger partial charge in [-0.25, -0.2) is 13.2 Å². The van der Waals surface area contributed by atoms with Crippen LogP contribution in [0, 0.1) is 17.5 Å². The van der Waals surface area contributed by atoms with E-state index in [-0.39, 0.29) is 19.7 Å². The Kier molecular flexibility index (Phi) is 5.65. The van der Waals surface area contributed by atoms with Crippen LogP contribution in [0.5, 0.6) is 5.75 Å². The predicted octanol–water partition coefficient (Wildman–Crippen LogP) is 4.76. The van der Waals surface area contributed by atoms with Gasteiger partial charge in [-0.15, -0.1) is 11.3 Å². The lowest BCUT2D eigenvalue weighted by Gasteiger charge is -2.27. The van der Waals surface area contributed by atoms with Crippen LogP contribution in [-0.2, 0) is 26.1 Å². The molecule has 8 heteroatoms. The Morgan fingerprint density at radius 1 is 0.969 bits per heavy atom. The number of carbonyl (C=O) groups excluding carboxylic acids is 1. The van der Waals surface area contributed by atoms with Crippen LogP contribution in [0.3, 0.4) is 0 Å². The summed E-state index contributed by atoms with van der Waals surface area (Å²) >= 11 is 1.81. The fraction of sp³-hybridized carbons (Fsp3) is 0.292. The van der Waals surface area contributed by atoms with Crippen molar-refractivity contribution in [2.45, 2.75) is 26.1 Å². The largest absolute Gasteiger partial charge is 0.491 e. The van der Waals surface area contributed by atoms with Crippen LogP contribution in [0.4, 0.5) is 13.2 Å². The van der Waals surface area contributed by atoms with Gasteiger partial charge >= 0.3 is 0 Å². The molecule has 2 aromatic carbocycles. The molecule has 4 nitrogen and oxygen atoms in total. The maximum Gasteiger partial charge on any atom is 0.257 e. The highest BCUT2D eigenvalue weighted by Crippen LogP contribution is 2.29. The summed E-state index contributed by atoms with van der Waals surface area (Å²) < 4.78 is 46.8. The van der Waals surface area contributed by atoms with Crippen molar-refractivity contribution in [3.05, 3.63) is 86.4 Å². The lowest BCUT2D eigenvalue weighted by molar-refractivity contribution is 0.0727. The molecule has 5 rings (SSSR count). The van der Waals surface area contributed by atoms with Crippen molar-refractivity contribution < 1.29 is 22.7 Å². The smallest absolute Gasteiger partial charge is 0.257 e. The monoisotopic (exact) mass is 458 g/mol. The Hall–Kier alpha value is -2.84. The van der Waals surface area contributed by atoms with Crippen molar-refractivity contribution >= 4 is 17.2 Å². The minimum Gasteiger partial charge on any atom is -0.491 e. The number of hydrogen-bond donors (Lipinski definition) is 0. The van der Waals surface area contributed by atoms with Gasteiger partial charge in [-0.05, 0) is 47.2 Å². The van der Waals surface area contributed by atoms with Gasteiger partial charge in [0, 0.05) is 42.7 Å². The SMILES string of the molecule is O=C(c1cc(F)c(F)cc1F)N1CCOc2ccc(CN3CCc4sccc4C3)cc2C1. The highest BCUT2D eigenvalue weighted by atomic mass is 32.1. The van der Waals surface area contributed by atoms with Crippen LogP contribution < -0.4 is 4.74 Å². The normalized spacial score (nSPS) is 16.2. The molecule has 0 radical (unpaired) electrons. The Bertz CT molecular complexity index is 1180. The molecule has 0 atom stereocenters. The summed E-state index contributed by atoms with van der Waals surface area (Å²) in [5.41, 5.74) is 2.80. The van der Waals surface area contributed by atoms with Crippen molar-refractivity contribution in [3.8, 4) is 5.75 Å². The number of carbonyl (C=O) groups is 1. The zero-order chi connectivity index (χ0) is 22.2. The standard InChI is InChI=1S/C24H21F3N2O2S/c25-19-11-21(27)20(26)10-18(19)24(30)29-6-7-31-22-2-1-15(9-17(22)14-29)12-28-5-3-23-16(13-28)4-8-32-23/h1-2,4,8-11H,3,5-7,12-14H2. The minimum atomic E-state index is -1.32. The van der Waals surface area contributed by atoms with Crippen molar-refractivity contribution in [2.24, 2.45) is 0 Å². The van der Waals surface area contributed by atoms with Gasteiger partial charge in [0.05, 0.1) is 12.1 Å². The van der Waals surface area contributed by atoms with Gasteiger partial charge in [0.15, 0.2) is 11.6 Å². The zero-order valence-electron chi connectivity index (χ0n) is 17.2. The molecule has 0 fully saturated rings. The summed E-state index contributed by atoms with van der Waals surface area (Å²) in [6.45, 7) is 3.32. The zero-order valence-corrected chi connectivity index (χ0v) is 18.1. The average Bonchev–Trinajstić information content (AvgIpc) is 3.14. The lowest BCUT2D eigenvalue weighted by Crippen LogP contribution is -2.33. The number of rotatable bonds is 3. The third-order valence-electron chi connectivity index (χ3n) is 5.93. The maximum atomic E-state index is 14.1. The summed E-state index contributed by atoms with van der Waals surface area (Å²) in [6, 6.07) is 9.13. The highest BCUT2D eigenvalue weighted by Gasteiger charge is 2.25. The molecule has 0 saturated heterocycles. The van der Waals surface area contributed by atoms with Crippen LogP contribution >= 0.6 is 11.3 Å². The van der Waals surface area contributed by atoms with Crippen LogP contribution in [0.15, 0.2) is 41.8 Å². The Labute approximate surface area is 187 Å². The molecular weight excluding hydrogens is 437 g/mol. The van der Waals surface area contributed by atoms with E-state index in [1.807, 2.05) is 18.2 Å². The van der Waals surface area contributed by atoms with Crippen LogP contribution in [0.25, 0.3) is 0 Å². The molecule has 3 heterocycles. The number of ether oxygens (including phenoxy) is 1. The van der Waals surface area contributed by atoms with Crippen LogP contribution in [0.2, 0.25) is 0 Å². The van der Waals surface area contributed by atoms with Gasteiger partial charge in [-0.3, -0.25) is 9.69 Å². The molecule has 0 bridgehead atoms. The summed E-state index contributed by atoms with van der Waals surface area (Å²) in [4.78, 5) is 18.1. The van der Waals surface area contributed by atoms with Gasteiger partial charge in [0.1, 0.15) is 18.2 Å².